The van der Waals surface area contributed by atoms with Crippen molar-refractivity contribution in [1.82, 2.24) is 10.2 Å². The van der Waals surface area contributed by atoms with Gasteiger partial charge in [0.15, 0.2) is 0 Å². The third kappa shape index (κ3) is 3.40. The van der Waals surface area contributed by atoms with Gasteiger partial charge in [0.2, 0.25) is 0 Å². The topological polar surface area (TPSA) is 78.9 Å². The van der Waals surface area contributed by atoms with Crippen molar-refractivity contribution in [1.29, 1.82) is 0 Å². The zero-order valence-electron chi connectivity index (χ0n) is 11.3. The number of carboxylic acid groups (broad SMARTS) is 1. The van der Waals surface area contributed by atoms with Gasteiger partial charge in [-0.25, -0.2) is 4.79 Å². The molecule has 1 aliphatic heterocycles. The number of nitrogens with one attached hydrogen (secondary N) is 1. The molecule has 0 aliphatic carbocycles. The summed E-state index contributed by atoms with van der Waals surface area (Å²) in [5.41, 5.74) is 0.540. The fourth-order valence-electron chi connectivity index (χ4n) is 2.28. The summed E-state index contributed by atoms with van der Waals surface area (Å²) < 4.78 is 5.04. The van der Waals surface area contributed by atoms with Crippen LogP contribution in [0.5, 0.6) is 5.75 Å². The zero-order valence-corrected chi connectivity index (χ0v) is 11.3. The minimum Gasteiger partial charge on any atom is -0.497 e. The molecule has 2 N–H and O–H groups in total. The van der Waals surface area contributed by atoms with Crippen LogP contribution >= 0.6 is 0 Å². The number of benzene rings is 1. The average Bonchev–Trinajstić information content (AvgIpc) is 2.47. The Bertz CT molecular complexity index is 486. The number of carbonyl (C=O) groups excluding carboxylic acids is 1. The molecule has 6 heteroatoms. The molecule has 2 amide bonds. The van der Waals surface area contributed by atoms with Crippen LogP contribution in [0.25, 0.3) is 0 Å². The molecule has 0 bridgehead atoms. The van der Waals surface area contributed by atoms with Crippen molar-refractivity contribution in [3.05, 3.63) is 29.8 Å². The van der Waals surface area contributed by atoms with Crippen LogP contribution < -0.4 is 10.1 Å². The van der Waals surface area contributed by atoms with Gasteiger partial charge in [0.25, 0.3) is 5.91 Å². The summed E-state index contributed by atoms with van der Waals surface area (Å²) in [5.74, 6) is 0.501. The number of ether oxygens (including phenoxy) is 1. The lowest BCUT2D eigenvalue weighted by atomic mass is 10.1. The summed E-state index contributed by atoms with van der Waals surface area (Å²) in [6.45, 7) is 0.876. The molecule has 0 radical (unpaired) electrons. The predicted octanol–water partition coefficient (Wildman–Crippen LogP) is 1.57. The van der Waals surface area contributed by atoms with Gasteiger partial charge in [0.05, 0.1) is 7.11 Å². The van der Waals surface area contributed by atoms with Crippen molar-refractivity contribution in [2.24, 2.45) is 0 Å². The lowest BCUT2D eigenvalue weighted by molar-refractivity contribution is 0.0888. The molecule has 1 fully saturated rings. The summed E-state index contributed by atoms with van der Waals surface area (Å²) in [4.78, 5) is 24.3. The molecule has 20 heavy (non-hydrogen) atoms. The van der Waals surface area contributed by atoms with Crippen LogP contribution in [0.1, 0.15) is 23.2 Å². The number of hydrogen-bond acceptors (Lipinski definition) is 3. The summed E-state index contributed by atoms with van der Waals surface area (Å²) in [6, 6.07) is 6.69. The lowest BCUT2D eigenvalue weighted by Gasteiger charge is -2.31. The van der Waals surface area contributed by atoms with Crippen molar-refractivity contribution in [2.45, 2.75) is 18.9 Å². The first kappa shape index (κ1) is 14.2. The molecule has 1 aromatic carbocycles. The number of piperidine rings is 1. The second-order valence-corrected chi connectivity index (χ2v) is 4.77. The molecule has 1 saturated heterocycles. The van der Waals surface area contributed by atoms with Gasteiger partial charge in [-0.2, -0.15) is 0 Å². The average molecular weight is 278 g/mol. The van der Waals surface area contributed by atoms with Gasteiger partial charge in [-0.3, -0.25) is 4.79 Å². The van der Waals surface area contributed by atoms with Crippen LogP contribution in [0, 0.1) is 0 Å². The Kier molecular flexibility index (Phi) is 4.45. The molecule has 1 atom stereocenters. The standard InChI is InChI=1S/C14H18N2O4/c1-20-12-6-4-10(5-7-12)13(17)15-11-3-2-8-16(9-11)14(18)19/h4-7,11H,2-3,8-9H2,1H3,(H,15,17)(H,18,19). The molecule has 0 saturated carbocycles. The predicted molar refractivity (Wildman–Crippen MR) is 73.1 cm³/mol. The van der Waals surface area contributed by atoms with Gasteiger partial charge in [0.1, 0.15) is 5.75 Å². The number of rotatable bonds is 3. The van der Waals surface area contributed by atoms with Crippen LogP contribution in [0.2, 0.25) is 0 Å². The fraction of sp³-hybridized carbons (Fsp3) is 0.429. The monoisotopic (exact) mass is 278 g/mol. The fourth-order valence-corrected chi connectivity index (χ4v) is 2.28. The normalized spacial score (nSPS) is 18.4. The highest BCUT2D eigenvalue weighted by Gasteiger charge is 2.24. The summed E-state index contributed by atoms with van der Waals surface area (Å²) >= 11 is 0. The number of carbonyl (C=O) groups is 2. The molecule has 1 aliphatic rings. The van der Waals surface area contributed by atoms with Gasteiger partial charge < -0.3 is 20.1 Å². The Labute approximate surface area is 117 Å². The Morgan fingerprint density at radius 1 is 1.35 bits per heavy atom. The molecular weight excluding hydrogens is 260 g/mol. The van der Waals surface area contributed by atoms with Crippen molar-refractivity contribution in [3.63, 3.8) is 0 Å². The minimum atomic E-state index is -0.937. The van der Waals surface area contributed by atoms with Gasteiger partial charge in [0, 0.05) is 24.7 Å². The van der Waals surface area contributed by atoms with E-state index in [4.69, 9.17) is 9.84 Å². The molecule has 1 aromatic rings. The maximum atomic E-state index is 12.1. The first-order valence-electron chi connectivity index (χ1n) is 6.53. The van der Waals surface area contributed by atoms with Crippen molar-refractivity contribution >= 4 is 12.0 Å². The molecule has 6 nitrogen and oxygen atoms in total. The van der Waals surface area contributed by atoms with E-state index in [1.165, 1.54) is 4.90 Å². The highest BCUT2D eigenvalue weighted by atomic mass is 16.5. The van der Waals surface area contributed by atoms with Gasteiger partial charge in [-0.15, -0.1) is 0 Å². The Balaban J connectivity index is 1.94. The highest BCUT2D eigenvalue weighted by molar-refractivity contribution is 5.94. The summed E-state index contributed by atoms with van der Waals surface area (Å²) in [7, 11) is 1.57. The third-order valence-electron chi connectivity index (χ3n) is 3.38. The lowest BCUT2D eigenvalue weighted by Crippen LogP contribution is -2.49. The number of methoxy groups -OCH3 is 1. The molecule has 0 spiro atoms. The minimum absolute atomic E-state index is 0.130. The van der Waals surface area contributed by atoms with E-state index in [1.54, 1.807) is 31.4 Å². The van der Waals surface area contributed by atoms with Crippen LogP contribution in [-0.2, 0) is 0 Å². The molecule has 0 aromatic heterocycles. The maximum Gasteiger partial charge on any atom is 0.407 e. The van der Waals surface area contributed by atoms with E-state index < -0.39 is 6.09 Å². The van der Waals surface area contributed by atoms with Crippen molar-refractivity contribution in [3.8, 4) is 5.75 Å². The Hall–Kier alpha value is -2.24. The van der Waals surface area contributed by atoms with Crippen molar-refractivity contribution < 1.29 is 19.4 Å². The van der Waals surface area contributed by atoms with E-state index in [1.807, 2.05) is 0 Å². The molecule has 1 unspecified atom stereocenters. The molecular formula is C14H18N2O4. The van der Waals surface area contributed by atoms with E-state index in [2.05, 4.69) is 5.32 Å². The smallest absolute Gasteiger partial charge is 0.407 e. The molecule has 1 heterocycles. The quantitative estimate of drug-likeness (QED) is 0.879. The summed E-state index contributed by atoms with van der Waals surface area (Å²) in [6.07, 6.45) is 0.624. The van der Waals surface area contributed by atoms with Gasteiger partial charge in [-0.05, 0) is 37.1 Å². The van der Waals surface area contributed by atoms with Gasteiger partial charge in [-0.1, -0.05) is 0 Å². The van der Waals surface area contributed by atoms with E-state index >= 15 is 0 Å². The van der Waals surface area contributed by atoms with E-state index in [0.717, 1.165) is 12.8 Å². The third-order valence-corrected chi connectivity index (χ3v) is 3.38. The highest BCUT2D eigenvalue weighted by Crippen LogP contribution is 2.13. The Morgan fingerprint density at radius 3 is 2.65 bits per heavy atom. The first-order chi connectivity index (χ1) is 9.60. The number of hydrogen-bond donors (Lipinski definition) is 2. The second-order valence-electron chi connectivity index (χ2n) is 4.77. The Morgan fingerprint density at radius 2 is 2.05 bits per heavy atom. The molecule has 108 valence electrons. The van der Waals surface area contributed by atoms with E-state index in [-0.39, 0.29) is 11.9 Å². The van der Waals surface area contributed by atoms with E-state index in [9.17, 15) is 9.59 Å². The van der Waals surface area contributed by atoms with Crippen LogP contribution in [0.15, 0.2) is 24.3 Å². The molecule has 2 rings (SSSR count). The maximum absolute atomic E-state index is 12.1. The van der Waals surface area contributed by atoms with Crippen LogP contribution in [0.4, 0.5) is 4.79 Å². The summed E-state index contributed by atoms with van der Waals surface area (Å²) in [5, 5.41) is 11.8. The van der Waals surface area contributed by atoms with Crippen molar-refractivity contribution in [2.75, 3.05) is 20.2 Å². The number of nitrogens with zero attached hydrogens (tertiary/aromatic N) is 1. The van der Waals surface area contributed by atoms with Crippen LogP contribution in [0.3, 0.4) is 0 Å². The van der Waals surface area contributed by atoms with Gasteiger partial charge >= 0.3 is 6.09 Å². The number of likely N-dealkylation sites (tertiary alicyclic amines) is 1. The SMILES string of the molecule is COc1ccc(C(=O)NC2CCCN(C(=O)O)C2)cc1. The number of amides is 2. The first-order valence-corrected chi connectivity index (χ1v) is 6.53. The second kappa shape index (κ2) is 6.27. The van der Waals surface area contributed by atoms with Crippen LogP contribution in [-0.4, -0.2) is 48.2 Å². The zero-order chi connectivity index (χ0) is 14.5. The largest absolute Gasteiger partial charge is 0.497 e. The van der Waals surface area contributed by atoms with E-state index in [0.29, 0.717) is 24.4 Å².